The van der Waals surface area contributed by atoms with Crippen LogP contribution < -0.4 is 5.56 Å². The summed E-state index contributed by atoms with van der Waals surface area (Å²) in [5.41, 5.74) is 2.04. The van der Waals surface area contributed by atoms with Gasteiger partial charge in [0.1, 0.15) is 11.6 Å². The lowest BCUT2D eigenvalue weighted by atomic mass is 10.1. The average Bonchev–Trinajstić information content (AvgIpc) is 2.55. The Labute approximate surface area is 133 Å². The molecule has 4 heteroatoms. The van der Waals surface area contributed by atoms with Crippen molar-refractivity contribution < 1.29 is 0 Å². The topological polar surface area (TPSA) is 58.1 Å². The summed E-state index contributed by atoms with van der Waals surface area (Å²) in [6, 6.07) is 17.7. The molecule has 3 rings (SSSR count). The van der Waals surface area contributed by atoms with Crippen LogP contribution in [0.15, 0.2) is 58.4 Å². The molecule has 0 aliphatic heterocycles. The van der Waals surface area contributed by atoms with Crippen LogP contribution in [0, 0.1) is 25.2 Å². The Morgan fingerprint density at radius 2 is 1.87 bits per heavy atom. The van der Waals surface area contributed by atoms with Gasteiger partial charge < -0.3 is 0 Å². The van der Waals surface area contributed by atoms with Gasteiger partial charge in [0.05, 0.1) is 6.21 Å². The maximum Gasteiger partial charge on any atom is 0.289 e. The molecular formula is C19H15N3O. The van der Waals surface area contributed by atoms with Crippen LogP contribution in [0.5, 0.6) is 0 Å². The predicted molar refractivity (Wildman–Crippen MR) is 91.8 cm³/mol. The molecular weight excluding hydrogens is 286 g/mol. The van der Waals surface area contributed by atoms with Crippen molar-refractivity contribution >= 4 is 17.0 Å². The SMILES string of the molecule is Cc1cc(C)n(/N=C/c2cccc3ccccc23)c(=O)c1C#N. The number of nitrogens with zero attached hydrogens (tertiary/aromatic N) is 3. The molecule has 0 aliphatic rings. The first kappa shape index (κ1) is 14.7. The van der Waals surface area contributed by atoms with Crippen LogP contribution in [0.3, 0.4) is 0 Å². The highest BCUT2D eigenvalue weighted by Gasteiger charge is 2.09. The van der Waals surface area contributed by atoms with Crippen LogP contribution in [0.1, 0.15) is 22.4 Å². The van der Waals surface area contributed by atoms with Crippen molar-refractivity contribution in [3.05, 3.63) is 81.3 Å². The van der Waals surface area contributed by atoms with Gasteiger partial charge in [-0.2, -0.15) is 10.4 Å². The second kappa shape index (κ2) is 5.90. The molecule has 0 unspecified atom stereocenters. The molecule has 4 nitrogen and oxygen atoms in total. The number of benzene rings is 2. The van der Waals surface area contributed by atoms with Gasteiger partial charge >= 0.3 is 0 Å². The largest absolute Gasteiger partial charge is 0.289 e. The van der Waals surface area contributed by atoms with Crippen molar-refractivity contribution in [1.29, 1.82) is 5.26 Å². The highest BCUT2D eigenvalue weighted by atomic mass is 16.1. The number of nitriles is 1. The Kier molecular flexibility index (Phi) is 3.78. The van der Waals surface area contributed by atoms with E-state index in [1.54, 1.807) is 26.1 Å². The van der Waals surface area contributed by atoms with Crippen LogP contribution in [0.25, 0.3) is 10.8 Å². The monoisotopic (exact) mass is 301 g/mol. The molecule has 112 valence electrons. The van der Waals surface area contributed by atoms with E-state index in [2.05, 4.69) is 5.10 Å². The number of aromatic nitrogens is 1. The van der Waals surface area contributed by atoms with E-state index in [0.717, 1.165) is 16.3 Å². The number of fused-ring (bicyclic) bond motifs is 1. The van der Waals surface area contributed by atoms with E-state index < -0.39 is 0 Å². The zero-order valence-electron chi connectivity index (χ0n) is 12.9. The maximum atomic E-state index is 12.4. The molecule has 1 heterocycles. The Morgan fingerprint density at radius 1 is 1.13 bits per heavy atom. The summed E-state index contributed by atoms with van der Waals surface area (Å²) >= 11 is 0. The van der Waals surface area contributed by atoms with Crippen LogP contribution >= 0.6 is 0 Å². The molecule has 0 spiro atoms. The molecule has 23 heavy (non-hydrogen) atoms. The second-order valence-electron chi connectivity index (χ2n) is 5.39. The van der Waals surface area contributed by atoms with Gasteiger partial charge in [-0.05, 0) is 36.2 Å². The van der Waals surface area contributed by atoms with Crippen LogP contribution in [0.4, 0.5) is 0 Å². The lowest BCUT2D eigenvalue weighted by molar-refractivity contribution is 0.787. The Balaban J connectivity index is 2.14. The van der Waals surface area contributed by atoms with Crippen molar-refractivity contribution in [3.63, 3.8) is 0 Å². The molecule has 0 radical (unpaired) electrons. The Hall–Kier alpha value is -3.19. The molecule has 0 saturated heterocycles. The molecule has 0 fully saturated rings. The minimum atomic E-state index is -0.388. The summed E-state index contributed by atoms with van der Waals surface area (Å²) in [5, 5.41) is 15.6. The van der Waals surface area contributed by atoms with Gasteiger partial charge in [0, 0.05) is 11.3 Å². The molecule has 0 N–H and O–H groups in total. The lowest BCUT2D eigenvalue weighted by Crippen LogP contribution is -2.22. The first-order chi connectivity index (χ1) is 11.1. The summed E-state index contributed by atoms with van der Waals surface area (Å²) in [6.07, 6.45) is 1.66. The number of aryl methyl sites for hydroxylation is 2. The van der Waals surface area contributed by atoms with E-state index in [0.29, 0.717) is 11.3 Å². The zero-order valence-corrected chi connectivity index (χ0v) is 12.9. The summed E-state index contributed by atoms with van der Waals surface area (Å²) in [7, 11) is 0. The number of pyridine rings is 1. The third-order valence-electron chi connectivity index (χ3n) is 3.81. The Bertz CT molecular complexity index is 1020. The lowest BCUT2D eigenvalue weighted by Gasteiger charge is -2.07. The van der Waals surface area contributed by atoms with E-state index in [9.17, 15) is 4.79 Å². The standard InChI is InChI=1S/C19H15N3O/c1-13-10-14(2)22(19(23)18(13)11-20)21-12-16-8-5-7-15-6-3-4-9-17(15)16/h3-10,12H,1-2H3/b21-12+. The van der Waals surface area contributed by atoms with Gasteiger partial charge in [-0.1, -0.05) is 42.5 Å². The fourth-order valence-corrected chi connectivity index (χ4v) is 2.64. The minimum Gasteiger partial charge on any atom is -0.266 e. The van der Waals surface area contributed by atoms with Gasteiger partial charge in [0.15, 0.2) is 0 Å². The third kappa shape index (κ3) is 2.65. The Morgan fingerprint density at radius 3 is 2.65 bits per heavy atom. The zero-order chi connectivity index (χ0) is 16.4. The molecule has 0 amide bonds. The normalized spacial score (nSPS) is 11.0. The number of hydrogen-bond acceptors (Lipinski definition) is 3. The van der Waals surface area contributed by atoms with Crippen molar-refractivity contribution in [2.75, 3.05) is 0 Å². The fourth-order valence-electron chi connectivity index (χ4n) is 2.64. The van der Waals surface area contributed by atoms with Crippen molar-refractivity contribution in [2.24, 2.45) is 5.10 Å². The van der Waals surface area contributed by atoms with Gasteiger partial charge in [-0.25, -0.2) is 4.68 Å². The maximum absolute atomic E-state index is 12.4. The molecule has 0 atom stereocenters. The van der Waals surface area contributed by atoms with Crippen molar-refractivity contribution in [3.8, 4) is 6.07 Å². The first-order valence-electron chi connectivity index (χ1n) is 7.27. The smallest absolute Gasteiger partial charge is 0.266 e. The average molecular weight is 301 g/mol. The summed E-state index contributed by atoms with van der Waals surface area (Å²) in [5.74, 6) is 0. The van der Waals surface area contributed by atoms with E-state index in [1.807, 2.05) is 48.5 Å². The van der Waals surface area contributed by atoms with Crippen LogP contribution in [-0.2, 0) is 0 Å². The van der Waals surface area contributed by atoms with E-state index >= 15 is 0 Å². The number of hydrogen-bond donors (Lipinski definition) is 0. The highest BCUT2D eigenvalue weighted by molar-refractivity contribution is 5.99. The van der Waals surface area contributed by atoms with E-state index in [-0.39, 0.29) is 11.1 Å². The van der Waals surface area contributed by atoms with Crippen molar-refractivity contribution in [1.82, 2.24) is 4.68 Å². The summed E-state index contributed by atoms with van der Waals surface area (Å²) in [4.78, 5) is 12.4. The van der Waals surface area contributed by atoms with Crippen LogP contribution in [-0.4, -0.2) is 10.9 Å². The predicted octanol–water partition coefficient (Wildman–Crippen LogP) is 3.37. The van der Waals surface area contributed by atoms with Gasteiger partial charge in [0.25, 0.3) is 5.56 Å². The molecule has 1 aromatic heterocycles. The molecule has 3 aromatic rings. The van der Waals surface area contributed by atoms with Gasteiger partial charge in [-0.15, -0.1) is 0 Å². The molecule has 2 aromatic carbocycles. The quantitative estimate of drug-likeness (QED) is 0.681. The number of rotatable bonds is 2. The fraction of sp³-hybridized carbons (Fsp3) is 0.105. The summed E-state index contributed by atoms with van der Waals surface area (Å²) in [6.45, 7) is 3.56. The van der Waals surface area contributed by atoms with Gasteiger partial charge in [0.2, 0.25) is 0 Å². The second-order valence-corrected chi connectivity index (χ2v) is 5.39. The first-order valence-corrected chi connectivity index (χ1v) is 7.27. The van der Waals surface area contributed by atoms with Crippen LogP contribution in [0.2, 0.25) is 0 Å². The molecule has 0 saturated carbocycles. The minimum absolute atomic E-state index is 0.130. The highest BCUT2D eigenvalue weighted by Crippen LogP contribution is 2.17. The molecule has 0 aliphatic carbocycles. The van der Waals surface area contributed by atoms with Gasteiger partial charge in [-0.3, -0.25) is 4.79 Å². The van der Waals surface area contributed by atoms with E-state index in [1.165, 1.54) is 4.68 Å². The third-order valence-corrected chi connectivity index (χ3v) is 3.81. The van der Waals surface area contributed by atoms with E-state index in [4.69, 9.17) is 5.26 Å². The molecule has 0 bridgehead atoms. The summed E-state index contributed by atoms with van der Waals surface area (Å²) < 4.78 is 1.27. The van der Waals surface area contributed by atoms with Crippen molar-refractivity contribution in [2.45, 2.75) is 13.8 Å².